The normalized spacial score (nSPS) is 18.6. The molecule has 1 aromatic heterocycles. The fourth-order valence-electron chi connectivity index (χ4n) is 4.41. The molecule has 0 saturated carbocycles. The first-order valence-corrected chi connectivity index (χ1v) is 10.6. The minimum absolute atomic E-state index is 0.00993. The molecule has 6 heteroatoms. The second-order valence-electron chi connectivity index (χ2n) is 8.40. The van der Waals surface area contributed by atoms with E-state index in [-0.39, 0.29) is 11.8 Å². The minimum Gasteiger partial charge on any atom is -0.361 e. The molecule has 2 amide bonds. The van der Waals surface area contributed by atoms with Crippen LogP contribution in [0.1, 0.15) is 29.0 Å². The highest BCUT2D eigenvalue weighted by atomic mass is 16.5. The van der Waals surface area contributed by atoms with Crippen LogP contribution in [0, 0.1) is 5.41 Å². The van der Waals surface area contributed by atoms with Crippen LogP contribution in [-0.2, 0) is 11.2 Å². The SMILES string of the molecule is CN(C)C(=O)C1(Cc2cc(-c3ccccc3)no2)CCCN(C(=O)c2ccccc2)C1. The van der Waals surface area contributed by atoms with Gasteiger partial charge in [-0.05, 0) is 25.0 Å². The molecule has 2 heterocycles. The zero-order valence-electron chi connectivity index (χ0n) is 18.0. The summed E-state index contributed by atoms with van der Waals surface area (Å²) in [6, 6.07) is 20.9. The smallest absolute Gasteiger partial charge is 0.253 e. The Hall–Kier alpha value is -3.41. The van der Waals surface area contributed by atoms with Crippen LogP contribution < -0.4 is 0 Å². The van der Waals surface area contributed by atoms with Crippen LogP contribution in [-0.4, -0.2) is 54.0 Å². The van der Waals surface area contributed by atoms with Crippen molar-refractivity contribution in [2.45, 2.75) is 19.3 Å². The van der Waals surface area contributed by atoms with Crippen LogP contribution in [0.15, 0.2) is 71.3 Å². The molecule has 0 radical (unpaired) electrons. The molecule has 1 aliphatic heterocycles. The fraction of sp³-hybridized carbons (Fsp3) is 0.320. The molecule has 1 atom stereocenters. The van der Waals surface area contributed by atoms with Crippen LogP contribution in [0.5, 0.6) is 0 Å². The third kappa shape index (κ3) is 4.38. The van der Waals surface area contributed by atoms with Crippen molar-refractivity contribution in [1.29, 1.82) is 0 Å². The number of carbonyl (C=O) groups excluding carboxylic acids is 2. The number of benzene rings is 2. The van der Waals surface area contributed by atoms with Gasteiger partial charge in [-0.3, -0.25) is 9.59 Å². The highest BCUT2D eigenvalue weighted by molar-refractivity contribution is 5.95. The van der Waals surface area contributed by atoms with E-state index in [1.807, 2.05) is 66.7 Å². The number of piperidine rings is 1. The van der Waals surface area contributed by atoms with Crippen molar-refractivity contribution >= 4 is 11.8 Å². The van der Waals surface area contributed by atoms with Gasteiger partial charge in [0.2, 0.25) is 5.91 Å². The predicted molar refractivity (Wildman–Crippen MR) is 118 cm³/mol. The second kappa shape index (κ2) is 8.76. The van der Waals surface area contributed by atoms with Crippen LogP contribution in [0.3, 0.4) is 0 Å². The Balaban J connectivity index is 1.61. The first-order chi connectivity index (χ1) is 15.0. The number of rotatable bonds is 5. The van der Waals surface area contributed by atoms with Crippen molar-refractivity contribution in [3.8, 4) is 11.3 Å². The van der Waals surface area contributed by atoms with E-state index in [0.717, 1.165) is 17.7 Å². The number of likely N-dealkylation sites (tertiary alicyclic amines) is 1. The van der Waals surface area contributed by atoms with Crippen molar-refractivity contribution in [1.82, 2.24) is 15.0 Å². The molecule has 1 aliphatic rings. The van der Waals surface area contributed by atoms with Gasteiger partial charge in [-0.1, -0.05) is 53.7 Å². The average Bonchev–Trinajstić information content (AvgIpc) is 3.27. The zero-order chi connectivity index (χ0) is 21.8. The molecule has 160 valence electrons. The van der Waals surface area contributed by atoms with E-state index in [9.17, 15) is 9.59 Å². The summed E-state index contributed by atoms with van der Waals surface area (Å²) in [7, 11) is 3.52. The Bertz CT molecular complexity index is 1050. The van der Waals surface area contributed by atoms with Crippen LogP contribution in [0.4, 0.5) is 0 Å². The van der Waals surface area contributed by atoms with Crippen molar-refractivity contribution in [3.63, 3.8) is 0 Å². The lowest BCUT2D eigenvalue weighted by atomic mass is 9.75. The van der Waals surface area contributed by atoms with Crippen LogP contribution in [0.2, 0.25) is 0 Å². The number of carbonyl (C=O) groups is 2. The van der Waals surface area contributed by atoms with Gasteiger partial charge in [0.05, 0.1) is 5.41 Å². The minimum atomic E-state index is -0.736. The van der Waals surface area contributed by atoms with Crippen molar-refractivity contribution in [3.05, 3.63) is 78.1 Å². The maximum absolute atomic E-state index is 13.3. The van der Waals surface area contributed by atoms with Gasteiger partial charge >= 0.3 is 0 Å². The molecule has 0 bridgehead atoms. The average molecular weight is 418 g/mol. The molecule has 0 N–H and O–H groups in total. The summed E-state index contributed by atoms with van der Waals surface area (Å²) in [5, 5.41) is 4.21. The molecule has 0 spiro atoms. The lowest BCUT2D eigenvalue weighted by Gasteiger charge is -2.42. The summed E-state index contributed by atoms with van der Waals surface area (Å²) >= 11 is 0. The third-order valence-corrected chi connectivity index (χ3v) is 5.89. The Labute approximate surface area is 182 Å². The summed E-state index contributed by atoms with van der Waals surface area (Å²) in [4.78, 5) is 29.8. The van der Waals surface area contributed by atoms with Crippen molar-refractivity contribution in [2.24, 2.45) is 5.41 Å². The Morgan fingerprint density at radius 2 is 1.74 bits per heavy atom. The third-order valence-electron chi connectivity index (χ3n) is 5.89. The number of hydrogen-bond acceptors (Lipinski definition) is 4. The highest BCUT2D eigenvalue weighted by Crippen LogP contribution is 2.37. The molecule has 31 heavy (non-hydrogen) atoms. The number of aromatic nitrogens is 1. The summed E-state index contributed by atoms with van der Waals surface area (Å²) in [5.74, 6) is 0.623. The van der Waals surface area contributed by atoms with Gasteiger partial charge in [0, 0.05) is 50.8 Å². The number of amides is 2. The Kier molecular flexibility index (Phi) is 5.89. The molecule has 0 aliphatic carbocycles. The fourth-order valence-corrected chi connectivity index (χ4v) is 4.41. The molecule has 1 saturated heterocycles. The van der Waals surface area contributed by atoms with Gasteiger partial charge in [0.15, 0.2) is 0 Å². The molecule has 3 aromatic rings. The largest absolute Gasteiger partial charge is 0.361 e. The van der Waals surface area contributed by atoms with E-state index in [2.05, 4.69) is 5.16 Å². The van der Waals surface area contributed by atoms with Crippen LogP contribution in [0.25, 0.3) is 11.3 Å². The molecule has 4 rings (SSSR count). The zero-order valence-corrected chi connectivity index (χ0v) is 18.0. The van der Waals surface area contributed by atoms with Gasteiger partial charge in [0.1, 0.15) is 11.5 Å². The lowest BCUT2D eigenvalue weighted by Crippen LogP contribution is -2.54. The number of hydrogen-bond donors (Lipinski definition) is 0. The van der Waals surface area contributed by atoms with Crippen LogP contribution >= 0.6 is 0 Å². The Morgan fingerprint density at radius 3 is 2.42 bits per heavy atom. The predicted octanol–water partition coefficient (Wildman–Crippen LogP) is 3.89. The van der Waals surface area contributed by atoms with Gasteiger partial charge < -0.3 is 14.3 Å². The second-order valence-corrected chi connectivity index (χ2v) is 8.40. The van der Waals surface area contributed by atoms with Gasteiger partial charge in [-0.25, -0.2) is 0 Å². The molecule has 1 unspecified atom stereocenters. The molecular formula is C25H27N3O3. The Morgan fingerprint density at radius 1 is 1.06 bits per heavy atom. The van der Waals surface area contributed by atoms with Crippen molar-refractivity contribution in [2.75, 3.05) is 27.2 Å². The monoisotopic (exact) mass is 417 g/mol. The first-order valence-electron chi connectivity index (χ1n) is 10.6. The maximum atomic E-state index is 13.3. The quantitative estimate of drug-likeness (QED) is 0.632. The topological polar surface area (TPSA) is 66.7 Å². The summed E-state index contributed by atoms with van der Waals surface area (Å²) < 4.78 is 5.63. The summed E-state index contributed by atoms with van der Waals surface area (Å²) in [6.07, 6.45) is 1.87. The van der Waals surface area contributed by atoms with E-state index in [1.165, 1.54) is 0 Å². The first kappa shape index (κ1) is 20.8. The van der Waals surface area contributed by atoms with Gasteiger partial charge in [0.25, 0.3) is 5.91 Å². The highest BCUT2D eigenvalue weighted by Gasteiger charge is 2.45. The van der Waals surface area contributed by atoms with E-state index in [0.29, 0.717) is 37.3 Å². The molecule has 6 nitrogen and oxygen atoms in total. The standard InChI is InChI=1S/C25H27N3O3/c1-27(2)24(30)25(17-21-16-22(26-31-21)19-10-5-3-6-11-19)14-9-15-28(18-25)23(29)20-12-7-4-8-13-20/h3-8,10-13,16H,9,14-15,17-18H2,1-2H3. The lowest BCUT2D eigenvalue weighted by molar-refractivity contribution is -0.142. The molecular weight excluding hydrogens is 390 g/mol. The summed E-state index contributed by atoms with van der Waals surface area (Å²) in [6.45, 7) is 1.00. The van der Waals surface area contributed by atoms with E-state index >= 15 is 0 Å². The van der Waals surface area contributed by atoms with Gasteiger partial charge in [-0.2, -0.15) is 0 Å². The maximum Gasteiger partial charge on any atom is 0.253 e. The van der Waals surface area contributed by atoms with E-state index in [1.54, 1.807) is 23.9 Å². The van der Waals surface area contributed by atoms with E-state index < -0.39 is 5.41 Å². The molecule has 1 fully saturated rings. The summed E-state index contributed by atoms with van der Waals surface area (Å²) in [5.41, 5.74) is 1.62. The number of nitrogens with zero attached hydrogens (tertiary/aromatic N) is 3. The molecule has 2 aromatic carbocycles. The van der Waals surface area contributed by atoms with Gasteiger partial charge in [-0.15, -0.1) is 0 Å². The van der Waals surface area contributed by atoms with E-state index in [4.69, 9.17) is 4.52 Å². The van der Waals surface area contributed by atoms with Crippen molar-refractivity contribution < 1.29 is 14.1 Å².